The third kappa shape index (κ3) is 7.47. The summed E-state index contributed by atoms with van der Waals surface area (Å²) in [5, 5.41) is 3.02. The molecular weight excluding hydrogens is 573 g/mol. The van der Waals surface area contributed by atoms with Gasteiger partial charge < -0.3 is 15.0 Å². The Morgan fingerprint density at radius 1 is 0.975 bits per heavy atom. The van der Waals surface area contributed by atoms with E-state index in [4.69, 9.17) is 27.9 Å². The highest BCUT2D eigenvalue weighted by Gasteiger charge is 2.34. The van der Waals surface area contributed by atoms with Crippen molar-refractivity contribution in [1.82, 2.24) is 10.2 Å². The van der Waals surface area contributed by atoms with Gasteiger partial charge in [-0.25, -0.2) is 8.42 Å². The zero-order valence-corrected chi connectivity index (χ0v) is 25.1. The Labute approximate surface area is 245 Å². The molecule has 0 fully saturated rings. The molecule has 0 radical (unpaired) electrons. The molecule has 3 aromatic carbocycles. The number of halogens is 2. The van der Waals surface area contributed by atoms with E-state index in [1.807, 2.05) is 13.8 Å². The van der Waals surface area contributed by atoms with Gasteiger partial charge in [0.05, 0.1) is 27.7 Å². The van der Waals surface area contributed by atoms with Crippen molar-refractivity contribution >= 4 is 50.7 Å². The summed E-state index contributed by atoms with van der Waals surface area (Å²) in [6, 6.07) is 18.4. The zero-order chi connectivity index (χ0) is 29.4. The molecule has 0 saturated carbocycles. The Morgan fingerprint density at radius 2 is 1.65 bits per heavy atom. The number of amides is 2. The SMILES string of the molecule is CC[C@H](C)NC(=O)[C@H](C)N(Cc1cccc(OC)c1)C(=O)CN(c1cccc(Cl)c1Cl)S(=O)(=O)c1ccccc1. The first kappa shape index (κ1) is 31.3. The summed E-state index contributed by atoms with van der Waals surface area (Å²) in [5.74, 6) is -0.380. The molecule has 0 heterocycles. The summed E-state index contributed by atoms with van der Waals surface area (Å²) in [6.07, 6.45) is 0.707. The lowest BCUT2D eigenvalue weighted by molar-refractivity contribution is -0.139. The summed E-state index contributed by atoms with van der Waals surface area (Å²) >= 11 is 12.7. The Morgan fingerprint density at radius 3 is 2.30 bits per heavy atom. The van der Waals surface area contributed by atoms with Crippen LogP contribution in [-0.2, 0) is 26.2 Å². The molecule has 0 bridgehead atoms. The van der Waals surface area contributed by atoms with E-state index in [-0.39, 0.29) is 39.1 Å². The first-order chi connectivity index (χ1) is 19.0. The molecule has 2 amide bonds. The van der Waals surface area contributed by atoms with Crippen molar-refractivity contribution in [1.29, 1.82) is 0 Å². The smallest absolute Gasteiger partial charge is 0.264 e. The maximum absolute atomic E-state index is 14.0. The van der Waals surface area contributed by atoms with Crippen LogP contribution in [-0.4, -0.2) is 50.9 Å². The quantitative estimate of drug-likeness (QED) is 0.293. The molecule has 214 valence electrons. The van der Waals surface area contributed by atoms with Crippen LogP contribution in [0.2, 0.25) is 10.0 Å². The van der Waals surface area contributed by atoms with Crippen molar-refractivity contribution in [3.8, 4) is 5.75 Å². The molecule has 40 heavy (non-hydrogen) atoms. The summed E-state index contributed by atoms with van der Waals surface area (Å²) < 4.78 is 33.9. The molecule has 0 aliphatic rings. The predicted molar refractivity (Wildman–Crippen MR) is 158 cm³/mol. The molecule has 2 atom stereocenters. The van der Waals surface area contributed by atoms with Crippen molar-refractivity contribution in [3.05, 3.63) is 88.4 Å². The molecule has 0 aliphatic heterocycles. The Kier molecular flexibility index (Phi) is 10.8. The minimum Gasteiger partial charge on any atom is -0.497 e. The number of anilines is 1. The minimum absolute atomic E-state index is 0.0154. The predicted octanol–water partition coefficient (Wildman–Crippen LogP) is 5.53. The monoisotopic (exact) mass is 605 g/mol. The number of rotatable bonds is 12. The molecular formula is C29H33Cl2N3O5S. The summed E-state index contributed by atoms with van der Waals surface area (Å²) in [4.78, 5) is 28.5. The molecule has 0 saturated heterocycles. The van der Waals surface area contributed by atoms with Crippen LogP contribution in [0.4, 0.5) is 5.69 Å². The van der Waals surface area contributed by atoms with Gasteiger partial charge in [-0.05, 0) is 62.2 Å². The molecule has 3 aromatic rings. The van der Waals surface area contributed by atoms with Gasteiger partial charge in [-0.1, -0.05) is 66.5 Å². The van der Waals surface area contributed by atoms with E-state index >= 15 is 0 Å². The Balaban J connectivity index is 2.06. The normalized spacial score (nSPS) is 12.8. The largest absolute Gasteiger partial charge is 0.497 e. The number of sulfonamides is 1. The number of hydrogen-bond acceptors (Lipinski definition) is 5. The fraction of sp³-hybridized carbons (Fsp3) is 0.310. The van der Waals surface area contributed by atoms with Crippen LogP contribution in [0, 0.1) is 0 Å². The highest BCUT2D eigenvalue weighted by molar-refractivity contribution is 7.92. The third-order valence-corrected chi connectivity index (χ3v) is 9.05. The second-order valence-corrected chi connectivity index (χ2v) is 11.9. The second-order valence-electron chi connectivity index (χ2n) is 9.26. The average Bonchev–Trinajstić information content (AvgIpc) is 2.96. The summed E-state index contributed by atoms with van der Waals surface area (Å²) in [6.45, 7) is 4.83. The first-order valence-corrected chi connectivity index (χ1v) is 14.9. The number of hydrogen-bond donors (Lipinski definition) is 1. The molecule has 8 nitrogen and oxygen atoms in total. The number of carbonyl (C=O) groups excluding carboxylic acids is 2. The molecule has 1 N–H and O–H groups in total. The van der Waals surface area contributed by atoms with E-state index in [0.717, 1.165) is 4.31 Å². The first-order valence-electron chi connectivity index (χ1n) is 12.7. The standard InChI is InChI=1S/C29H33Cl2N3O5S/c1-5-20(2)32-29(36)21(3)33(18-22-11-9-12-23(17-22)39-4)27(35)19-34(26-16-10-15-25(30)28(26)31)40(37,38)24-13-7-6-8-14-24/h6-17,20-21H,5,18-19H2,1-4H3,(H,32,36)/t20-,21-/m0/s1. The fourth-order valence-electron chi connectivity index (χ4n) is 3.93. The number of benzene rings is 3. The van der Waals surface area contributed by atoms with Crippen molar-refractivity contribution in [2.75, 3.05) is 18.0 Å². The van der Waals surface area contributed by atoms with Crippen LogP contribution in [0.25, 0.3) is 0 Å². The van der Waals surface area contributed by atoms with Gasteiger partial charge in [0.2, 0.25) is 11.8 Å². The van der Waals surface area contributed by atoms with Gasteiger partial charge in [0, 0.05) is 12.6 Å². The summed E-state index contributed by atoms with van der Waals surface area (Å²) in [7, 11) is -2.72. The highest BCUT2D eigenvalue weighted by Crippen LogP contribution is 2.35. The average molecular weight is 607 g/mol. The molecule has 3 rings (SSSR count). The van der Waals surface area contributed by atoms with Crippen LogP contribution in [0.1, 0.15) is 32.8 Å². The lowest BCUT2D eigenvalue weighted by Crippen LogP contribution is -2.52. The zero-order valence-electron chi connectivity index (χ0n) is 22.8. The van der Waals surface area contributed by atoms with Crippen LogP contribution in [0.15, 0.2) is 77.7 Å². The lowest BCUT2D eigenvalue weighted by atomic mass is 10.1. The van der Waals surface area contributed by atoms with Crippen LogP contribution in [0.5, 0.6) is 5.75 Å². The Bertz CT molecular complexity index is 1440. The highest BCUT2D eigenvalue weighted by atomic mass is 35.5. The maximum atomic E-state index is 14.0. The fourth-order valence-corrected chi connectivity index (χ4v) is 5.83. The van der Waals surface area contributed by atoms with Crippen LogP contribution < -0.4 is 14.4 Å². The van der Waals surface area contributed by atoms with E-state index in [0.29, 0.717) is 17.7 Å². The van der Waals surface area contributed by atoms with Gasteiger partial charge in [-0.3, -0.25) is 13.9 Å². The minimum atomic E-state index is -4.25. The van der Waals surface area contributed by atoms with E-state index in [9.17, 15) is 18.0 Å². The molecule has 0 aromatic heterocycles. The van der Waals surface area contributed by atoms with E-state index in [2.05, 4.69) is 5.32 Å². The molecule has 11 heteroatoms. The van der Waals surface area contributed by atoms with Gasteiger partial charge in [-0.2, -0.15) is 0 Å². The molecule has 0 unspecified atom stereocenters. The van der Waals surface area contributed by atoms with Crippen molar-refractivity contribution in [3.63, 3.8) is 0 Å². The van der Waals surface area contributed by atoms with Gasteiger partial charge in [0.15, 0.2) is 0 Å². The van der Waals surface area contributed by atoms with Crippen molar-refractivity contribution in [2.24, 2.45) is 0 Å². The van der Waals surface area contributed by atoms with Gasteiger partial charge in [0.25, 0.3) is 10.0 Å². The van der Waals surface area contributed by atoms with E-state index in [1.54, 1.807) is 55.5 Å². The van der Waals surface area contributed by atoms with E-state index in [1.165, 1.54) is 36.3 Å². The van der Waals surface area contributed by atoms with Gasteiger partial charge in [0.1, 0.15) is 18.3 Å². The van der Waals surface area contributed by atoms with Crippen molar-refractivity contribution in [2.45, 2.75) is 50.7 Å². The number of nitrogens with zero attached hydrogens (tertiary/aromatic N) is 2. The third-order valence-electron chi connectivity index (χ3n) is 6.47. The number of carbonyl (C=O) groups is 2. The second kappa shape index (κ2) is 13.9. The van der Waals surface area contributed by atoms with Crippen molar-refractivity contribution < 1.29 is 22.7 Å². The number of ether oxygens (including phenoxy) is 1. The van der Waals surface area contributed by atoms with E-state index < -0.39 is 28.5 Å². The topological polar surface area (TPSA) is 96.0 Å². The number of methoxy groups -OCH3 is 1. The Hall–Kier alpha value is -3.27. The lowest BCUT2D eigenvalue weighted by Gasteiger charge is -2.32. The van der Waals surface area contributed by atoms with Crippen LogP contribution in [0.3, 0.4) is 0 Å². The maximum Gasteiger partial charge on any atom is 0.264 e. The molecule has 0 aliphatic carbocycles. The van der Waals surface area contributed by atoms with Crippen LogP contribution >= 0.6 is 23.2 Å². The number of nitrogens with one attached hydrogen (secondary N) is 1. The van der Waals surface area contributed by atoms with Gasteiger partial charge in [-0.15, -0.1) is 0 Å². The van der Waals surface area contributed by atoms with Gasteiger partial charge >= 0.3 is 0 Å². The molecule has 0 spiro atoms. The summed E-state index contributed by atoms with van der Waals surface area (Å²) in [5.41, 5.74) is 0.749.